The van der Waals surface area contributed by atoms with Crippen molar-refractivity contribution in [3.05, 3.63) is 35.1 Å². The lowest BCUT2D eigenvalue weighted by molar-refractivity contribution is 0.129. The van der Waals surface area contributed by atoms with Gasteiger partial charge in [0.2, 0.25) is 0 Å². The molecule has 0 radical (unpaired) electrons. The van der Waals surface area contributed by atoms with Crippen molar-refractivity contribution >= 4 is 12.4 Å². The Morgan fingerprint density at radius 2 is 1.65 bits per heavy atom. The van der Waals surface area contributed by atoms with E-state index in [2.05, 4.69) is 0 Å². The SMILES string of the molecule is CC(C)(CO)[C@H](N)c1c(F)cc(F)cc1F.Cl. The van der Waals surface area contributed by atoms with Crippen LogP contribution in [0.25, 0.3) is 0 Å². The van der Waals surface area contributed by atoms with Gasteiger partial charge in [0.15, 0.2) is 0 Å². The second-order valence-corrected chi connectivity index (χ2v) is 4.41. The minimum atomic E-state index is -1.04. The quantitative estimate of drug-likeness (QED) is 0.886. The number of rotatable bonds is 3. The Bertz CT molecular complexity index is 375. The fourth-order valence-corrected chi connectivity index (χ4v) is 1.34. The van der Waals surface area contributed by atoms with Crippen LogP contribution in [-0.2, 0) is 0 Å². The van der Waals surface area contributed by atoms with Gasteiger partial charge in [0.05, 0.1) is 0 Å². The number of aliphatic hydroxyl groups is 1. The van der Waals surface area contributed by atoms with E-state index in [1.54, 1.807) is 13.8 Å². The first kappa shape index (κ1) is 16.2. The van der Waals surface area contributed by atoms with E-state index in [0.717, 1.165) is 0 Å². The molecule has 6 heteroatoms. The Labute approximate surface area is 104 Å². The first-order valence-corrected chi connectivity index (χ1v) is 4.80. The third kappa shape index (κ3) is 3.34. The summed E-state index contributed by atoms with van der Waals surface area (Å²) in [6.07, 6.45) is 0. The highest BCUT2D eigenvalue weighted by Crippen LogP contribution is 2.33. The third-order valence-electron chi connectivity index (χ3n) is 2.60. The molecule has 0 amide bonds. The van der Waals surface area contributed by atoms with Crippen LogP contribution in [0.1, 0.15) is 25.5 Å². The van der Waals surface area contributed by atoms with Crippen LogP contribution in [0, 0.1) is 22.9 Å². The first-order chi connectivity index (χ1) is 7.29. The number of aliphatic hydroxyl groups excluding tert-OH is 1. The van der Waals surface area contributed by atoms with Gasteiger partial charge in [-0.15, -0.1) is 12.4 Å². The van der Waals surface area contributed by atoms with Gasteiger partial charge in [0, 0.05) is 35.8 Å². The summed E-state index contributed by atoms with van der Waals surface area (Å²) in [6, 6.07) is 0.107. The van der Waals surface area contributed by atoms with Gasteiger partial charge in [0.25, 0.3) is 0 Å². The van der Waals surface area contributed by atoms with Crippen LogP contribution in [0.3, 0.4) is 0 Å². The molecule has 2 nitrogen and oxygen atoms in total. The maximum absolute atomic E-state index is 13.4. The molecule has 0 aliphatic carbocycles. The van der Waals surface area contributed by atoms with Gasteiger partial charge in [-0.3, -0.25) is 0 Å². The molecule has 1 atom stereocenters. The van der Waals surface area contributed by atoms with Crippen molar-refractivity contribution < 1.29 is 18.3 Å². The average Bonchev–Trinajstić information content (AvgIpc) is 2.15. The third-order valence-corrected chi connectivity index (χ3v) is 2.60. The van der Waals surface area contributed by atoms with E-state index < -0.39 is 34.5 Å². The van der Waals surface area contributed by atoms with E-state index in [1.165, 1.54) is 0 Å². The molecule has 17 heavy (non-hydrogen) atoms. The monoisotopic (exact) mass is 269 g/mol. The van der Waals surface area contributed by atoms with Crippen LogP contribution in [0.2, 0.25) is 0 Å². The van der Waals surface area contributed by atoms with E-state index in [1.807, 2.05) is 0 Å². The van der Waals surface area contributed by atoms with Crippen LogP contribution in [0.15, 0.2) is 12.1 Å². The summed E-state index contributed by atoms with van der Waals surface area (Å²) in [6.45, 7) is 2.81. The fourth-order valence-electron chi connectivity index (χ4n) is 1.34. The van der Waals surface area contributed by atoms with Crippen molar-refractivity contribution in [2.45, 2.75) is 19.9 Å². The van der Waals surface area contributed by atoms with Crippen LogP contribution in [-0.4, -0.2) is 11.7 Å². The summed E-state index contributed by atoms with van der Waals surface area (Å²) in [5.74, 6) is -3.06. The Hall–Kier alpha value is -0.780. The van der Waals surface area contributed by atoms with Crippen molar-refractivity contribution in [2.24, 2.45) is 11.1 Å². The smallest absolute Gasteiger partial charge is 0.133 e. The highest BCUT2D eigenvalue weighted by molar-refractivity contribution is 5.85. The van der Waals surface area contributed by atoms with Gasteiger partial charge in [-0.2, -0.15) is 0 Å². The molecule has 3 N–H and O–H groups in total. The molecule has 0 heterocycles. The van der Waals surface area contributed by atoms with Gasteiger partial charge in [-0.25, -0.2) is 13.2 Å². The molecular weight excluding hydrogens is 255 g/mol. The van der Waals surface area contributed by atoms with E-state index in [9.17, 15) is 13.2 Å². The Balaban J connectivity index is 0.00000256. The predicted molar refractivity (Wildman–Crippen MR) is 61.4 cm³/mol. The van der Waals surface area contributed by atoms with Gasteiger partial charge in [-0.05, 0) is 0 Å². The molecule has 0 aliphatic heterocycles. The molecule has 98 valence electrons. The normalized spacial score (nSPS) is 13.1. The molecule has 0 bridgehead atoms. The number of hydrogen-bond donors (Lipinski definition) is 2. The van der Waals surface area contributed by atoms with E-state index in [-0.39, 0.29) is 19.0 Å². The summed E-state index contributed by atoms with van der Waals surface area (Å²) in [7, 11) is 0. The number of halogens is 4. The topological polar surface area (TPSA) is 46.2 Å². The van der Waals surface area contributed by atoms with Crippen molar-refractivity contribution in [2.75, 3.05) is 6.61 Å². The van der Waals surface area contributed by atoms with Crippen molar-refractivity contribution in [3.63, 3.8) is 0 Å². The van der Waals surface area contributed by atoms with E-state index in [4.69, 9.17) is 10.8 Å². The molecule has 0 saturated heterocycles. The van der Waals surface area contributed by atoms with Crippen molar-refractivity contribution in [1.82, 2.24) is 0 Å². The molecule has 1 aromatic rings. The molecule has 0 unspecified atom stereocenters. The molecule has 0 aromatic heterocycles. The number of nitrogens with two attached hydrogens (primary N) is 1. The van der Waals surface area contributed by atoms with Gasteiger partial charge in [0.1, 0.15) is 17.5 Å². The maximum Gasteiger partial charge on any atom is 0.133 e. The van der Waals surface area contributed by atoms with E-state index in [0.29, 0.717) is 12.1 Å². The molecule has 1 aromatic carbocycles. The number of hydrogen-bond acceptors (Lipinski definition) is 2. The molecule has 0 fully saturated rings. The van der Waals surface area contributed by atoms with Crippen LogP contribution in [0.4, 0.5) is 13.2 Å². The molecular formula is C11H15ClF3NO. The molecule has 0 spiro atoms. The lowest BCUT2D eigenvalue weighted by Gasteiger charge is -2.30. The van der Waals surface area contributed by atoms with Crippen LogP contribution in [0.5, 0.6) is 0 Å². The Kier molecular flexibility index (Phi) is 5.45. The first-order valence-electron chi connectivity index (χ1n) is 4.80. The summed E-state index contributed by atoms with van der Waals surface area (Å²) in [4.78, 5) is 0. The Morgan fingerprint density at radius 1 is 1.24 bits per heavy atom. The zero-order valence-corrected chi connectivity index (χ0v) is 10.3. The lowest BCUT2D eigenvalue weighted by atomic mass is 9.81. The maximum atomic E-state index is 13.4. The summed E-state index contributed by atoms with van der Waals surface area (Å²) < 4.78 is 39.5. The number of benzene rings is 1. The highest BCUT2D eigenvalue weighted by atomic mass is 35.5. The summed E-state index contributed by atoms with van der Waals surface area (Å²) >= 11 is 0. The van der Waals surface area contributed by atoms with Crippen LogP contribution < -0.4 is 5.73 Å². The Morgan fingerprint density at radius 3 is 2.00 bits per heavy atom. The van der Waals surface area contributed by atoms with Gasteiger partial charge >= 0.3 is 0 Å². The predicted octanol–water partition coefficient (Wildman–Crippen LogP) is 2.54. The van der Waals surface area contributed by atoms with Crippen LogP contribution >= 0.6 is 12.4 Å². The minimum Gasteiger partial charge on any atom is -0.396 e. The van der Waals surface area contributed by atoms with E-state index >= 15 is 0 Å². The summed E-state index contributed by atoms with van der Waals surface area (Å²) in [5.41, 5.74) is 4.38. The molecule has 0 saturated carbocycles. The molecule has 1 rings (SSSR count). The van der Waals surface area contributed by atoms with Crippen molar-refractivity contribution in [1.29, 1.82) is 0 Å². The average molecular weight is 270 g/mol. The van der Waals surface area contributed by atoms with Crippen molar-refractivity contribution in [3.8, 4) is 0 Å². The zero-order chi connectivity index (χ0) is 12.5. The second-order valence-electron chi connectivity index (χ2n) is 4.41. The lowest BCUT2D eigenvalue weighted by Crippen LogP contribution is -2.33. The second kappa shape index (κ2) is 5.71. The highest BCUT2D eigenvalue weighted by Gasteiger charge is 2.31. The standard InChI is InChI=1S/C11H14F3NO.ClH/c1-11(2,5-16)10(15)9-7(13)3-6(12)4-8(9)14;/h3-4,10,16H,5,15H2,1-2H3;1H/t10-;/m1./s1. The largest absolute Gasteiger partial charge is 0.396 e. The fraction of sp³-hybridized carbons (Fsp3) is 0.455. The van der Waals surface area contributed by atoms with Gasteiger partial charge in [-0.1, -0.05) is 13.8 Å². The molecule has 0 aliphatic rings. The van der Waals surface area contributed by atoms with Gasteiger partial charge < -0.3 is 10.8 Å². The summed E-state index contributed by atoms with van der Waals surface area (Å²) in [5, 5.41) is 9.06. The minimum absolute atomic E-state index is 0. The zero-order valence-electron chi connectivity index (χ0n) is 9.51.